The van der Waals surface area contributed by atoms with Gasteiger partial charge in [-0.15, -0.1) is 0 Å². The Bertz CT molecular complexity index is 598. The van der Waals surface area contributed by atoms with Crippen LogP contribution in [-0.4, -0.2) is 50.7 Å². The van der Waals surface area contributed by atoms with E-state index in [9.17, 15) is 27.5 Å². The predicted octanol–water partition coefficient (Wildman–Crippen LogP) is -0.811. The molecule has 21 heavy (non-hydrogen) atoms. The topological polar surface area (TPSA) is 111 Å². The van der Waals surface area contributed by atoms with Gasteiger partial charge < -0.3 is 20.7 Å². The number of nitrogens with zero attached hydrogens (tertiary/aromatic N) is 2. The third kappa shape index (κ3) is 2.26. The zero-order valence-electron chi connectivity index (χ0n) is 10.3. The number of halogens is 4. The van der Waals surface area contributed by atoms with Crippen LogP contribution in [0, 0.1) is 5.82 Å². The number of nitrogen functional groups attached to an aromatic ring is 1. The van der Waals surface area contributed by atoms with E-state index < -0.39 is 54.5 Å². The maximum Gasteiger partial charge on any atom is 0.351 e. The molecule has 11 heteroatoms. The van der Waals surface area contributed by atoms with Crippen molar-refractivity contribution < 1.29 is 32.5 Å². The van der Waals surface area contributed by atoms with Gasteiger partial charge in [-0.05, 0) is 0 Å². The van der Waals surface area contributed by atoms with Gasteiger partial charge in [-0.1, -0.05) is 0 Å². The molecule has 0 radical (unpaired) electrons. The molecule has 0 aliphatic carbocycles. The molecule has 4 N–H and O–H groups in total. The second kappa shape index (κ2) is 5.24. The van der Waals surface area contributed by atoms with Crippen LogP contribution >= 0.6 is 0 Å². The van der Waals surface area contributed by atoms with Crippen LogP contribution < -0.4 is 11.4 Å². The van der Waals surface area contributed by atoms with Gasteiger partial charge in [0.25, 0.3) is 6.43 Å². The molecule has 1 aromatic rings. The largest absolute Gasteiger partial charge is 0.393 e. The van der Waals surface area contributed by atoms with Crippen LogP contribution in [0.5, 0.6) is 0 Å². The van der Waals surface area contributed by atoms with E-state index in [1.807, 2.05) is 0 Å². The highest BCUT2D eigenvalue weighted by Gasteiger charge is 2.61. The summed E-state index contributed by atoms with van der Waals surface area (Å²) in [5.74, 6) is -1.95. The zero-order valence-corrected chi connectivity index (χ0v) is 10.3. The average Bonchev–Trinajstić information content (AvgIpc) is 2.68. The molecule has 2 rings (SSSR count). The number of aliphatic hydroxyl groups excluding tert-OH is 2. The van der Waals surface area contributed by atoms with E-state index in [2.05, 4.69) is 9.72 Å². The summed E-state index contributed by atoms with van der Waals surface area (Å²) >= 11 is 0. The van der Waals surface area contributed by atoms with Crippen molar-refractivity contribution in [3.8, 4) is 0 Å². The highest BCUT2D eigenvalue weighted by atomic mass is 19.3. The Morgan fingerprint density at radius 1 is 1.57 bits per heavy atom. The number of aromatic nitrogens is 2. The normalized spacial score (nSPS) is 32.8. The molecule has 2 heterocycles. The summed E-state index contributed by atoms with van der Waals surface area (Å²) in [4.78, 5) is 14.6. The number of aliphatic hydroxyl groups is 2. The van der Waals surface area contributed by atoms with E-state index in [0.29, 0.717) is 6.20 Å². The van der Waals surface area contributed by atoms with Gasteiger partial charge in [-0.25, -0.2) is 22.4 Å². The summed E-state index contributed by atoms with van der Waals surface area (Å²) in [7, 11) is 0. The second-order valence-corrected chi connectivity index (χ2v) is 4.48. The molecular weight excluding hydrogens is 302 g/mol. The quantitative estimate of drug-likeness (QED) is 0.629. The predicted molar refractivity (Wildman–Crippen MR) is 59.7 cm³/mol. The lowest BCUT2D eigenvalue weighted by Gasteiger charge is -2.28. The van der Waals surface area contributed by atoms with Crippen molar-refractivity contribution in [2.75, 3.05) is 12.3 Å². The van der Waals surface area contributed by atoms with Crippen molar-refractivity contribution in [3.63, 3.8) is 0 Å². The fourth-order valence-electron chi connectivity index (χ4n) is 2.02. The van der Waals surface area contributed by atoms with Crippen LogP contribution in [0.4, 0.5) is 23.4 Å². The third-order valence-corrected chi connectivity index (χ3v) is 3.24. The molecule has 0 aromatic carbocycles. The first-order chi connectivity index (χ1) is 9.74. The minimum absolute atomic E-state index is 0.249. The molecule has 0 spiro atoms. The van der Waals surface area contributed by atoms with Crippen LogP contribution in [0.25, 0.3) is 0 Å². The van der Waals surface area contributed by atoms with E-state index in [1.165, 1.54) is 0 Å². The van der Waals surface area contributed by atoms with Crippen LogP contribution in [0.2, 0.25) is 0 Å². The Labute approximate surface area is 114 Å². The van der Waals surface area contributed by atoms with E-state index >= 15 is 0 Å². The van der Waals surface area contributed by atoms with Crippen molar-refractivity contribution in [1.29, 1.82) is 0 Å². The number of hydrogen-bond acceptors (Lipinski definition) is 6. The number of hydrogen-bond donors (Lipinski definition) is 3. The Hall–Kier alpha value is -1.72. The standard InChI is InChI=1S/C10H11F4N3O4/c11-3-1-17(9(20)16-6(3)15)7-4(12)5(19)10(2-18,21-7)8(13)14/h1,4-5,7-8,18-19H,2H2,(H2,15,16,20). The first-order valence-corrected chi connectivity index (χ1v) is 5.67. The molecule has 1 saturated heterocycles. The number of nitrogens with two attached hydrogens (primary N) is 1. The maximum atomic E-state index is 14.0. The van der Waals surface area contributed by atoms with E-state index in [0.717, 1.165) is 0 Å². The van der Waals surface area contributed by atoms with Gasteiger partial charge in [0.05, 0.1) is 12.8 Å². The van der Waals surface area contributed by atoms with Gasteiger partial charge in [0.2, 0.25) is 0 Å². The summed E-state index contributed by atoms with van der Waals surface area (Å²) in [5.41, 5.74) is 0.866. The van der Waals surface area contributed by atoms with E-state index in [-0.39, 0.29) is 4.57 Å². The van der Waals surface area contributed by atoms with Crippen molar-refractivity contribution >= 4 is 5.82 Å². The van der Waals surface area contributed by atoms with Gasteiger partial charge in [-0.2, -0.15) is 4.98 Å². The fourth-order valence-corrected chi connectivity index (χ4v) is 2.02. The second-order valence-electron chi connectivity index (χ2n) is 4.48. The molecule has 4 atom stereocenters. The number of ether oxygens (including phenoxy) is 1. The molecule has 1 aliphatic rings. The van der Waals surface area contributed by atoms with Gasteiger partial charge >= 0.3 is 5.69 Å². The summed E-state index contributed by atoms with van der Waals surface area (Å²) in [6.07, 6.45) is -10.0. The van der Waals surface area contributed by atoms with Crippen molar-refractivity contribution in [1.82, 2.24) is 9.55 Å². The highest BCUT2D eigenvalue weighted by Crippen LogP contribution is 2.41. The summed E-state index contributed by atoms with van der Waals surface area (Å²) in [6, 6.07) is 0. The van der Waals surface area contributed by atoms with Gasteiger partial charge in [-0.3, -0.25) is 4.57 Å². The van der Waals surface area contributed by atoms with Gasteiger partial charge in [0.1, 0.15) is 6.10 Å². The summed E-state index contributed by atoms with van der Waals surface area (Å²) in [5, 5.41) is 18.5. The van der Waals surface area contributed by atoms with E-state index in [4.69, 9.17) is 10.8 Å². The molecule has 1 aromatic heterocycles. The van der Waals surface area contributed by atoms with Crippen molar-refractivity contribution in [2.45, 2.75) is 30.5 Å². The molecule has 0 amide bonds. The summed E-state index contributed by atoms with van der Waals surface area (Å²) < 4.78 is 58.0. The molecule has 7 nitrogen and oxygen atoms in total. The molecule has 4 unspecified atom stereocenters. The monoisotopic (exact) mass is 313 g/mol. The molecule has 118 valence electrons. The Balaban J connectivity index is 2.47. The van der Waals surface area contributed by atoms with Crippen LogP contribution in [0.1, 0.15) is 6.23 Å². The minimum Gasteiger partial charge on any atom is -0.393 e. The average molecular weight is 313 g/mol. The van der Waals surface area contributed by atoms with Crippen molar-refractivity contribution in [2.24, 2.45) is 0 Å². The Morgan fingerprint density at radius 3 is 2.67 bits per heavy atom. The molecular formula is C10H11F4N3O4. The van der Waals surface area contributed by atoms with Gasteiger partial charge in [0.15, 0.2) is 29.6 Å². The van der Waals surface area contributed by atoms with Crippen molar-refractivity contribution in [3.05, 3.63) is 22.5 Å². The van der Waals surface area contributed by atoms with Crippen LogP contribution in [0.3, 0.4) is 0 Å². The number of anilines is 1. The lowest BCUT2D eigenvalue weighted by atomic mass is 9.97. The van der Waals surface area contributed by atoms with Crippen LogP contribution in [0.15, 0.2) is 11.0 Å². The molecule has 0 saturated carbocycles. The first-order valence-electron chi connectivity index (χ1n) is 5.67. The number of alkyl halides is 3. The van der Waals surface area contributed by atoms with Crippen LogP contribution in [-0.2, 0) is 4.74 Å². The maximum absolute atomic E-state index is 14.0. The Kier molecular flexibility index (Phi) is 3.91. The SMILES string of the molecule is Nc1nc(=O)n(C2OC(CO)(C(F)F)C(O)C2F)cc1F. The zero-order chi connectivity index (χ0) is 15.9. The first kappa shape index (κ1) is 15.7. The smallest absolute Gasteiger partial charge is 0.351 e. The summed E-state index contributed by atoms with van der Waals surface area (Å²) in [6.45, 7) is -1.40. The minimum atomic E-state index is -3.44. The molecule has 1 fully saturated rings. The highest BCUT2D eigenvalue weighted by molar-refractivity contribution is 5.26. The third-order valence-electron chi connectivity index (χ3n) is 3.24. The lowest BCUT2D eigenvalue weighted by molar-refractivity contribution is -0.196. The number of rotatable bonds is 3. The van der Waals surface area contributed by atoms with Gasteiger partial charge in [0, 0.05) is 0 Å². The van der Waals surface area contributed by atoms with E-state index in [1.54, 1.807) is 0 Å². The lowest BCUT2D eigenvalue weighted by Crippen LogP contribution is -2.51. The fraction of sp³-hybridized carbons (Fsp3) is 0.600. The molecule has 0 bridgehead atoms. The molecule has 1 aliphatic heterocycles. The Morgan fingerprint density at radius 2 is 2.19 bits per heavy atom.